The van der Waals surface area contributed by atoms with E-state index >= 15 is 0 Å². The zero-order valence-electron chi connectivity index (χ0n) is 14.8. The Hall–Kier alpha value is -3.19. The van der Waals surface area contributed by atoms with E-state index in [1.165, 1.54) is 0 Å². The average molecular weight is 367 g/mol. The number of benzene rings is 2. The lowest BCUT2D eigenvalue weighted by molar-refractivity contribution is 0.0566. The van der Waals surface area contributed by atoms with Crippen LogP contribution < -0.4 is 10.7 Å². The first-order valence-electron chi connectivity index (χ1n) is 8.82. The number of hydrogen-bond acceptors (Lipinski definition) is 5. The van der Waals surface area contributed by atoms with Crippen molar-refractivity contribution >= 4 is 17.9 Å². The lowest BCUT2D eigenvalue weighted by Crippen LogP contribution is -2.43. The largest absolute Gasteiger partial charge is 0.445 e. The Kier molecular flexibility index (Phi) is 6.17. The predicted molar refractivity (Wildman–Crippen MR) is 98.8 cm³/mol. The summed E-state index contributed by atoms with van der Waals surface area (Å²) in [5.74, 6) is -0.670. The summed E-state index contributed by atoms with van der Waals surface area (Å²) in [7, 11) is 0. The Morgan fingerprint density at radius 1 is 0.852 bits per heavy atom. The van der Waals surface area contributed by atoms with E-state index in [1.54, 1.807) is 24.3 Å². The van der Waals surface area contributed by atoms with E-state index in [0.717, 1.165) is 10.6 Å². The van der Waals surface area contributed by atoms with Gasteiger partial charge in [-0.25, -0.2) is 15.2 Å². The number of carbonyl (C=O) groups is 3. The van der Waals surface area contributed by atoms with Crippen LogP contribution in [0.25, 0.3) is 0 Å². The number of imide groups is 1. The van der Waals surface area contributed by atoms with Gasteiger partial charge in [0.05, 0.1) is 11.1 Å². The summed E-state index contributed by atoms with van der Waals surface area (Å²) in [5.41, 5.74) is 4.61. The Bertz CT molecular complexity index is 788. The Morgan fingerprint density at radius 2 is 1.44 bits per heavy atom. The molecule has 0 spiro atoms. The number of nitrogens with zero attached hydrogens (tertiary/aromatic N) is 1. The number of unbranched alkanes of at least 4 members (excludes halogenated alkanes) is 1. The minimum absolute atomic E-state index is 0.230. The fourth-order valence-electron chi connectivity index (χ4n) is 2.74. The van der Waals surface area contributed by atoms with E-state index < -0.39 is 6.09 Å². The third kappa shape index (κ3) is 4.71. The lowest BCUT2D eigenvalue weighted by atomic mass is 10.1. The molecule has 1 heterocycles. The molecule has 1 aliphatic heterocycles. The van der Waals surface area contributed by atoms with Gasteiger partial charge < -0.3 is 10.1 Å². The van der Waals surface area contributed by atoms with Crippen molar-refractivity contribution in [3.05, 3.63) is 71.3 Å². The van der Waals surface area contributed by atoms with Crippen molar-refractivity contribution in [2.24, 2.45) is 0 Å². The number of nitrogens with one attached hydrogen (secondary N) is 2. The molecule has 27 heavy (non-hydrogen) atoms. The Balaban J connectivity index is 1.29. The second-order valence-electron chi connectivity index (χ2n) is 6.10. The van der Waals surface area contributed by atoms with Gasteiger partial charge in [0.25, 0.3) is 11.8 Å². The number of fused-ring (bicyclic) bond motifs is 1. The smallest absolute Gasteiger partial charge is 0.407 e. The van der Waals surface area contributed by atoms with Gasteiger partial charge in [-0.15, -0.1) is 0 Å². The SMILES string of the molecule is O=C(NCCCCNN1C(=O)c2ccccc2C1=O)OCc1ccccc1. The minimum atomic E-state index is -0.466. The first-order chi connectivity index (χ1) is 13.2. The molecule has 3 rings (SSSR count). The van der Waals surface area contributed by atoms with Crippen molar-refractivity contribution in [2.75, 3.05) is 13.1 Å². The van der Waals surface area contributed by atoms with Crippen LogP contribution in [-0.2, 0) is 11.3 Å². The molecule has 0 unspecified atom stereocenters. The highest BCUT2D eigenvalue weighted by atomic mass is 16.5. The van der Waals surface area contributed by atoms with Crippen molar-refractivity contribution in [1.29, 1.82) is 0 Å². The topological polar surface area (TPSA) is 87.7 Å². The molecule has 0 bridgehead atoms. The molecular formula is C20H21N3O4. The maximum atomic E-state index is 12.2. The maximum Gasteiger partial charge on any atom is 0.407 e. The molecule has 0 fully saturated rings. The Morgan fingerprint density at radius 3 is 2.11 bits per heavy atom. The molecule has 0 radical (unpaired) electrons. The first kappa shape index (κ1) is 18.6. The predicted octanol–water partition coefficient (Wildman–Crippen LogP) is 2.49. The van der Waals surface area contributed by atoms with Gasteiger partial charge >= 0.3 is 6.09 Å². The molecule has 0 saturated heterocycles. The van der Waals surface area contributed by atoms with Gasteiger partial charge in [0.1, 0.15) is 6.61 Å². The van der Waals surface area contributed by atoms with Crippen LogP contribution in [0, 0.1) is 0 Å². The highest BCUT2D eigenvalue weighted by Gasteiger charge is 2.34. The summed E-state index contributed by atoms with van der Waals surface area (Å²) in [6.07, 6.45) is 0.912. The van der Waals surface area contributed by atoms with Crippen LogP contribution in [0.5, 0.6) is 0 Å². The monoisotopic (exact) mass is 367 g/mol. The van der Waals surface area contributed by atoms with E-state index in [-0.39, 0.29) is 18.4 Å². The van der Waals surface area contributed by atoms with Crippen molar-refractivity contribution < 1.29 is 19.1 Å². The fraction of sp³-hybridized carbons (Fsp3) is 0.250. The summed E-state index contributed by atoms with van der Waals surface area (Å²) < 4.78 is 5.12. The molecule has 140 valence electrons. The number of hydrogen-bond donors (Lipinski definition) is 2. The van der Waals surface area contributed by atoms with Crippen LogP contribution in [0.15, 0.2) is 54.6 Å². The van der Waals surface area contributed by atoms with Crippen molar-refractivity contribution in [3.63, 3.8) is 0 Å². The standard InChI is InChI=1S/C20H21N3O4/c24-18-16-10-4-5-11-17(16)19(25)23(18)22-13-7-6-12-21-20(26)27-14-15-8-2-1-3-9-15/h1-5,8-11,22H,6-7,12-14H2,(H,21,26). The van der Waals surface area contributed by atoms with E-state index in [1.807, 2.05) is 30.3 Å². The van der Waals surface area contributed by atoms with Crippen molar-refractivity contribution in [2.45, 2.75) is 19.4 Å². The van der Waals surface area contributed by atoms with Crippen LogP contribution in [0.1, 0.15) is 39.1 Å². The van der Waals surface area contributed by atoms with Gasteiger partial charge in [0.15, 0.2) is 0 Å². The lowest BCUT2D eigenvalue weighted by Gasteiger charge is -2.15. The summed E-state index contributed by atoms with van der Waals surface area (Å²) in [6.45, 7) is 1.14. The third-order valence-electron chi connectivity index (χ3n) is 4.15. The van der Waals surface area contributed by atoms with Crippen LogP contribution in [0.2, 0.25) is 0 Å². The zero-order chi connectivity index (χ0) is 19.1. The van der Waals surface area contributed by atoms with Gasteiger partial charge in [0, 0.05) is 13.1 Å². The molecular weight excluding hydrogens is 346 g/mol. The fourth-order valence-corrected chi connectivity index (χ4v) is 2.74. The van der Waals surface area contributed by atoms with Crippen molar-refractivity contribution in [3.8, 4) is 0 Å². The number of hydrazine groups is 1. The quantitative estimate of drug-likeness (QED) is 0.553. The number of rotatable bonds is 8. The van der Waals surface area contributed by atoms with E-state index in [2.05, 4.69) is 10.7 Å². The summed E-state index contributed by atoms with van der Waals surface area (Å²) >= 11 is 0. The number of alkyl carbamates (subject to hydrolysis) is 1. The summed E-state index contributed by atoms with van der Waals surface area (Å²) in [6, 6.07) is 16.2. The molecule has 0 atom stereocenters. The molecule has 7 heteroatoms. The number of amides is 3. The Labute approximate surface area is 157 Å². The third-order valence-corrected chi connectivity index (χ3v) is 4.15. The van der Waals surface area contributed by atoms with Crippen LogP contribution >= 0.6 is 0 Å². The van der Waals surface area contributed by atoms with Crippen molar-refractivity contribution in [1.82, 2.24) is 15.8 Å². The van der Waals surface area contributed by atoms with E-state index in [4.69, 9.17) is 4.74 Å². The van der Waals surface area contributed by atoms with Gasteiger partial charge in [-0.2, -0.15) is 0 Å². The summed E-state index contributed by atoms with van der Waals surface area (Å²) in [4.78, 5) is 36.0. The van der Waals surface area contributed by atoms with Crippen LogP contribution in [0.4, 0.5) is 4.79 Å². The highest BCUT2D eigenvalue weighted by molar-refractivity contribution is 6.20. The average Bonchev–Trinajstić information content (AvgIpc) is 2.94. The molecule has 1 aliphatic rings. The van der Waals surface area contributed by atoms with E-state index in [9.17, 15) is 14.4 Å². The second kappa shape index (κ2) is 8.95. The molecule has 7 nitrogen and oxygen atoms in total. The highest BCUT2D eigenvalue weighted by Crippen LogP contribution is 2.20. The van der Waals surface area contributed by atoms with Gasteiger partial charge in [-0.3, -0.25) is 9.59 Å². The molecule has 2 aromatic carbocycles. The van der Waals surface area contributed by atoms with Crippen LogP contribution in [0.3, 0.4) is 0 Å². The van der Waals surface area contributed by atoms with Crippen LogP contribution in [-0.4, -0.2) is 36.0 Å². The first-order valence-corrected chi connectivity index (χ1v) is 8.82. The number of carbonyl (C=O) groups excluding carboxylic acids is 3. The molecule has 3 amide bonds. The van der Waals surface area contributed by atoms with Gasteiger partial charge in [-0.05, 0) is 30.5 Å². The zero-order valence-corrected chi connectivity index (χ0v) is 14.8. The molecule has 0 saturated carbocycles. The van der Waals surface area contributed by atoms with E-state index in [0.29, 0.717) is 37.1 Å². The molecule has 0 aromatic heterocycles. The molecule has 2 aromatic rings. The second-order valence-corrected chi connectivity index (χ2v) is 6.10. The van der Waals surface area contributed by atoms with Gasteiger partial charge in [-0.1, -0.05) is 42.5 Å². The minimum Gasteiger partial charge on any atom is -0.445 e. The van der Waals surface area contributed by atoms with Gasteiger partial charge in [0.2, 0.25) is 0 Å². The molecule has 2 N–H and O–H groups in total. The number of ether oxygens (including phenoxy) is 1. The normalized spacial score (nSPS) is 12.8. The molecule has 0 aliphatic carbocycles. The summed E-state index contributed by atoms with van der Waals surface area (Å²) in [5, 5.41) is 3.72. The maximum absolute atomic E-state index is 12.2.